The Labute approximate surface area is 196 Å². The van der Waals surface area contributed by atoms with Crippen LogP contribution in [-0.4, -0.2) is 72.0 Å². The standard InChI is InChI=1S/C23H25FN8O2/c24-18-15-26-23(30-21(18)28-20-5-4-19-22(29-20)25-6-13-34-19)27-16-2-1-3-17(14-16)32-9-7-31(8-10-32)11-12-33/h1-5,12,14-15H,6-11,13H2,(H3,25,26,27,28,29,30). The molecule has 0 amide bonds. The number of hydrogen-bond donors (Lipinski definition) is 3. The third kappa shape index (κ3) is 4.99. The fraction of sp³-hybridized carbons (Fsp3) is 0.304. The summed E-state index contributed by atoms with van der Waals surface area (Å²) in [6.07, 6.45) is 2.06. The quantitative estimate of drug-likeness (QED) is 0.452. The molecule has 3 N–H and O–H groups in total. The lowest BCUT2D eigenvalue weighted by Crippen LogP contribution is -2.46. The summed E-state index contributed by atoms with van der Waals surface area (Å²) in [6, 6.07) is 11.4. The molecule has 1 fully saturated rings. The Kier molecular flexibility index (Phi) is 6.34. The molecule has 0 saturated carbocycles. The highest BCUT2D eigenvalue weighted by atomic mass is 19.1. The van der Waals surface area contributed by atoms with Crippen LogP contribution in [0.2, 0.25) is 0 Å². The minimum Gasteiger partial charge on any atom is -0.488 e. The van der Waals surface area contributed by atoms with Crippen LogP contribution >= 0.6 is 0 Å². The molecule has 0 unspecified atom stereocenters. The summed E-state index contributed by atoms with van der Waals surface area (Å²) in [7, 11) is 0. The molecule has 3 aromatic rings. The van der Waals surface area contributed by atoms with Crippen LogP contribution < -0.4 is 25.6 Å². The third-order valence-electron chi connectivity index (χ3n) is 5.67. The SMILES string of the molecule is O=CCN1CCN(c2cccc(Nc3ncc(F)c(Nc4ccc5c(n4)NCCO5)n3)c2)CC1. The number of nitrogens with zero attached hydrogens (tertiary/aromatic N) is 5. The first-order chi connectivity index (χ1) is 16.7. The molecule has 1 saturated heterocycles. The van der Waals surface area contributed by atoms with Crippen molar-refractivity contribution < 1.29 is 13.9 Å². The van der Waals surface area contributed by atoms with E-state index in [0.29, 0.717) is 37.1 Å². The zero-order chi connectivity index (χ0) is 23.3. The van der Waals surface area contributed by atoms with Crippen molar-refractivity contribution in [3.63, 3.8) is 0 Å². The van der Waals surface area contributed by atoms with Crippen LogP contribution in [0.15, 0.2) is 42.6 Å². The van der Waals surface area contributed by atoms with Gasteiger partial charge in [0.05, 0.1) is 19.3 Å². The summed E-state index contributed by atoms with van der Waals surface area (Å²) in [5, 5.41) is 9.22. The van der Waals surface area contributed by atoms with E-state index in [1.165, 1.54) is 0 Å². The molecule has 0 bridgehead atoms. The molecule has 0 atom stereocenters. The molecule has 2 aliphatic heterocycles. The molecule has 0 radical (unpaired) electrons. The Hall–Kier alpha value is -3.99. The van der Waals surface area contributed by atoms with Crippen LogP contribution in [0.4, 0.5) is 39.2 Å². The van der Waals surface area contributed by atoms with E-state index in [0.717, 1.165) is 50.0 Å². The van der Waals surface area contributed by atoms with Crippen LogP contribution in [0, 0.1) is 5.82 Å². The summed E-state index contributed by atoms with van der Waals surface area (Å²) < 4.78 is 19.9. The molecule has 0 spiro atoms. The smallest absolute Gasteiger partial charge is 0.229 e. The lowest BCUT2D eigenvalue weighted by molar-refractivity contribution is -0.108. The first kappa shape index (κ1) is 21.8. The van der Waals surface area contributed by atoms with Gasteiger partial charge in [0.25, 0.3) is 0 Å². The number of carbonyl (C=O) groups is 1. The Balaban J connectivity index is 1.28. The van der Waals surface area contributed by atoms with Crippen molar-refractivity contribution >= 4 is 41.1 Å². The Morgan fingerprint density at radius 3 is 2.85 bits per heavy atom. The predicted molar refractivity (Wildman–Crippen MR) is 128 cm³/mol. The van der Waals surface area contributed by atoms with E-state index in [2.05, 4.69) is 40.7 Å². The number of nitrogens with one attached hydrogen (secondary N) is 3. The van der Waals surface area contributed by atoms with Gasteiger partial charge in [-0.05, 0) is 30.3 Å². The van der Waals surface area contributed by atoms with Crippen LogP contribution in [0.5, 0.6) is 5.75 Å². The van der Waals surface area contributed by atoms with Crippen LogP contribution in [-0.2, 0) is 4.79 Å². The number of ether oxygens (including phenoxy) is 1. The fourth-order valence-corrected chi connectivity index (χ4v) is 3.93. The van der Waals surface area contributed by atoms with Gasteiger partial charge in [-0.15, -0.1) is 0 Å². The monoisotopic (exact) mass is 464 g/mol. The summed E-state index contributed by atoms with van der Waals surface area (Å²) in [5.74, 6) is 1.40. The molecule has 34 heavy (non-hydrogen) atoms. The zero-order valence-corrected chi connectivity index (χ0v) is 18.5. The number of benzene rings is 1. The number of aldehydes is 1. The van der Waals surface area contributed by atoms with E-state index >= 15 is 0 Å². The van der Waals surface area contributed by atoms with E-state index in [4.69, 9.17) is 4.74 Å². The lowest BCUT2D eigenvalue weighted by Gasteiger charge is -2.35. The predicted octanol–water partition coefficient (Wildman–Crippen LogP) is 2.62. The molecular formula is C23H25FN8O2. The number of hydrogen-bond acceptors (Lipinski definition) is 10. The highest BCUT2D eigenvalue weighted by molar-refractivity contribution is 5.65. The topological polar surface area (TPSA) is 108 Å². The number of anilines is 6. The second kappa shape index (κ2) is 9.87. The fourth-order valence-electron chi connectivity index (χ4n) is 3.93. The van der Waals surface area contributed by atoms with Crippen LogP contribution in [0.25, 0.3) is 0 Å². The van der Waals surface area contributed by atoms with Gasteiger partial charge in [-0.3, -0.25) is 4.90 Å². The summed E-state index contributed by atoms with van der Waals surface area (Å²) in [5.41, 5.74) is 1.85. The number of halogens is 1. The van der Waals surface area contributed by atoms with E-state index in [-0.39, 0.29) is 11.8 Å². The molecule has 1 aromatic carbocycles. The molecule has 2 aromatic heterocycles. The van der Waals surface area contributed by atoms with Gasteiger partial charge in [0.1, 0.15) is 18.7 Å². The maximum atomic E-state index is 14.4. The van der Waals surface area contributed by atoms with Gasteiger partial charge in [0.15, 0.2) is 23.2 Å². The van der Waals surface area contributed by atoms with Gasteiger partial charge in [-0.1, -0.05) is 6.07 Å². The van der Waals surface area contributed by atoms with Gasteiger partial charge in [-0.2, -0.15) is 4.98 Å². The lowest BCUT2D eigenvalue weighted by atomic mass is 10.2. The molecule has 2 aliphatic rings. The Morgan fingerprint density at radius 1 is 1.12 bits per heavy atom. The van der Waals surface area contributed by atoms with Gasteiger partial charge in [0, 0.05) is 37.6 Å². The molecule has 4 heterocycles. The second-order valence-corrected chi connectivity index (χ2v) is 7.96. The minimum atomic E-state index is -0.587. The Morgan fingerprint density at radius 2 is 2.00 bits per heavy atom. The van der Waals surface area contributed by atoms with Crippen molar-refractivity contribution in [1.82, 2.24) is 19.9 Å². The van der Waals surface area contributed by atoms with Crippen LogP contribution in [0.1, 0.15) is 0 Å². The summed E-state index contributed by atoms with van der Waals surface area (Å²) in [6.45, 7) is 5.06. The maximum Gasteiger partial charge on any atom is 0.229 e. The molecule has 10 nitrogen and oxygen atoms in total. The van der Waals surface area contributed by atoms with Crippen LogP contribution in [0.3, 0.4) is 0 Å². The number of piperazine rings is 1. The molecule has 176 valence electrons. The van der Waals surface area contributed by atoms with Gasteiger partial charge in [0.2, 0.25) is 5.95 Å². The van der Waals surface area contributed by atoms with Crippen molar-refractivity contribution in [2.75, 3.05) is 66.7 Å². The highest BCUT2D eigenvalue weighted by Gasteiger charge is 2.17. The average Bonchev–Trinajstić information content (AvgIpc) is 2.87. The van der Waals surface area contributed by atoms with E-state index in [1.807, 2.05) is 24.3 Å². The second-order valence-electron chi connectivity index (χ2n) is 7.96. The van der Waals surface area contributed by atoms with E-state index in [9.17, 15) is 9.18 Å². The van der Waals surface area contributed by atoms with Crippen molar-refractivity contribution in [3.05, 3.63) is 48.4 Å². The minimum absolute atomic E-state index is 0.0177. The maximum absolute atomic E-state index is 14.4. The van der Waals surface area contributed by atoms with Crippen molar-refractivity contribution in [1.29, 1.82) is 0 Å². The number of carbonyl (C=O) groups excluding carboxylic acids is 1. The summed E-state index contributed by atoms with van der Waals surface area (Å²) in [4.78, 5) is 27.9. The number of rotatable bonds is 7. The van der Waals surface area contributed by atoms with Gasteiger partial charge in [-0.25, -0.2) is 14.4 Å². The number of pyridine rings is 1. The summed E-state index contributed by atoms with van der Waals surface area (Å²) >= 11 is 0. The largest absolute Gasteiger partial charge is 0.488 e. The Bertz CT molecular complexity index is 1170. The molecule has 0 aliphatic carbocycles. The van der Waals surface area contributed by atoms with Gasteiger partial charge >= 0.3 is 0 Å². The number of aromatic nitrogens is 3. The molecule has 11 heteroatoms. The van der Waals surface area contributed by atoms with E-state index in [1.54, 1.807) is 12.1 Å². The van der Waals surface area contributed by atoms with Gasteiger partial charge < -0.3 is 30.4 Å². The zero-order valence-electron chi connectivity index (χ0n) is 18.5. The van der Waals surface area contributed by atoms with E-state index < -0.39 is 5.82 Å². The average molecular weight is 465 g/mol. The number of fused-ring (bicyclic) bond motifs is 1. The molecule has 5 rings (SSSR count). The normalized spacial score (nSPS) is 15.6. The first-order valence-electron chi connectivity index (χ1n) is 11.1. The van der Waals surface area contributed by atoms with Crippen molar-refractivity contribution in [2.45, 2.75) is 0 Å². The molecular weight excluding hydrogens is 439 g/mol. The highest BCUT2D eigenvalue weighted by Crippen LogP contribution is 2.28. The van der Waals surface area contributed by atoms with Crippen molar-refractivity contribution in [2.24, 2.45) is 0 Å². The third-order valence-corrected chi connectivity index (χ3v) is 5.67. The first-order valence-corrected chi connectivity index (χ1v) is 11.1. The van der Waals surface area contributed by atoms with Crippen molar-refractivity contribution in [3.8, 4) is 5.75 Å².